The molecule has 0 bridgehead atoms. The molecule has 1 aromatic carbocycles. The van der Waals surface area contributed by atoms with Crippen LogP contribution in [0.4, 0.5) is 5.69 Å². The predicted molar refractivity (Wildman–Crippen MR) is 69.7 cm³/mol. The number of carbonyl (C=O) groups excluding carboxylic acids is 1. The molecule has 7 heteroatoms. The maximum atomic E-state index is 11.9. The molecule has 1 aliphatic rings. The second-order valence-corrected chi connectivity index (χ2v) is 5.32. The molecule has 0 atom stereocenters. The summed E-state index contributed by atoms with van der Waals surface area (Å²) in [5.74, 6) is -1.80. The lowest BCUT2D eigenvalue weighted by Crippen LogP contribution is -2.29. The molecule has 1 fully saturated rings. The number of nitro groups is 1. The zero-order chi connectivity index (χ0) is 14.9. The van der Waals surface area contributed by atoms with Crippen LogP contribution in [0, 0.1) is 15.5 Å². The van der Waals surface area contributed by atoms with Crippen LogP contribution in [0.25, 0.3) is 0 Å². The molecular weight excluding hydrogens is 264 g/mol. The van der Waals surface area contributed by atoms with Gasteiger partial charge in [0.2, 0.25) is 0 Å². The van der Waals surface area contributed by atoms with E-state index in [4.69, 9.17) is 5.11 Å². The average molecular weight is 278 g/mol. The quantitative estimate of drug-likeness (QED) is 0.630. The Morgan fingerprint density at radius 1 is 1.35 bits per heavy atom. The van der Waals surface area contributed by atoms with Gasteiger partial charge in [0.05, 0.1) is 10.5 Å². The van der Waals surface area contributed by atoms with E-state index in [0.29, 0.717) is 6.54 Å². The zero-order valence-electron chi connectivity index (χ0n) is 10.9. The summed E-state index contributed by atoms with van der Waals surface area (Å²) in [6, 6.07) is 3.15. The SMILES string of the molecule is CC1(CNC(=O)c2cc(C(=O)O)cc([N+](=O)[O-])c2)CC1. The number of nitro benzene ring substituents is 1. The van der Waals surface area contributed by atoms with E-state index < -0.39 is 22.5 Å². The highest BCUT2D eigenvalue weighted by Crippen LogP contribution is 2.44. The standard InChI is InChI=1S/C13H14N2O5/c1-13(2-3-13)7-14-11(16)8-4-9(12(17)18)6-10(5-8)15(19)20/h4-6H,2-3,7H2,1H3,(H,14,16)(H,17,18). The summed E-state index contributed by atoms with van der Waals surface area (Å²) in [5.41, 5.74) is -0.595. The molecular formula is C13H14N2O5. The van der Waals surface area contributed by atoms with Crippen molar-refractivity contribution in [1.82, 2.24) is 5.32 Å². The van der Waals surface area contributed by atoms with Crippen molar-refractivity contribution in [3.8, 4) is 0 Å². The fraction of sp³-hybridized carbons (Fsp3) is 0.385. The molecule has 20 heavy (non-hydrogen) atoms. The molecule has 2 rings (SSSR count). The molecule has 0 unspecified atom stereocenters. The minimum Gasteiger partial charge on any atom is -0.478 e. The number of rotatable bonds is 5. The topological polar surface area (TPSA) is 110 Å². The Labute approximate surface area is 114 Å². The lowest BCUT2D eigenvalue weighted by atomic mass is 10.1. The van der Waals surface area contributed by atoms with Crippen molar-refractivity contribution in [2.75, 3.05) is 6.54 Å². The number of aromatic carboxylic acids is 1. The van der Waals surface area contributed by atoms with Crippen LogP contribution in [0.5, 0.6) is 0 Å². The van der Waals surface area contributed by atoms with Gasteiger partial charge in [-0.3, -0.25) is 14.9 Å². The Kier molecular flexibility index (Phi) is 3.44. The lowest BCUT2D eigenvalue weighted by Gasteiger charge is -2.10. The minimum atomic E-state index is -1.31. The fourth-order valence-corrected chi connectivity index (χ4v) is 1.76. The number of nitrogens with one attached hydrogen (secondary N) is 1. The van der Waals surface area contributed by atoms with Crippen LogP contribution < -0.4 is 5.32 Å². The molecule has 0 spiro atoms. The lowest BCUT2D eigenvalue weighted by molar-refractivity contribution is -0.384. The van der Waals surface area contributed by atoms with Crippen LogP contribution in [-0.2, 0) is 0 Å². The number of carboxylic acids is 1. The summed E-state index contributed by atoms with van der Waals surface area (Å²) in [5, 5.41) is 22.3. The highest BCUT2D eigenvalue weighted by atomic mass is 16.6. The van der Waals surface area contributed by atoms with Gasteiger partial charge in [-0.15, -0.1) is 0 Å². The predicted octanol–water partition coefficient (Wildman–Crippen LogP) is 1.82. The number of nitrogens with zero attached hydrogens (tertiary/aromatic N) is 1. The monoisotopic (exact) mass is 278 g/mol. The summed E-state index contributed by atoms with van der Waals surface area (Å²) in [6.07, 6.45) is 2.06. The Balaban J connectivity index is 2.22. The highest BCUT2D eigenvalue weighted by molar-refractivity contribution is 5.98. The zero-order valence-corrected chi connectivity index (χ0v) is 10.9. The number of amides is 1. The third-order valence-corrected chi connectivity index (χ3v) is 3.42. The molecule has 7 nitrogen and oxygen atoms in total. The summed E-state index contributed by atoms with van der Waals surface area (Å²) in [7, 11) is 0. The fourth-order valence-electron chi connectivity index (χ4n) is 1.76. The van der Waals surface area contributed by atoms with Crippen molar-refractivity contribution in [2.24, 2.45) is 5.41 Å². The van der Waals surface area contributed by atoms with E-state index in [1.54, 1.807) is 0 Å². The van der Waals surface area contributed by atoms with E-state index in [2.05, 4.69) is 5.32 Å². The number of hydrogen-bond acceptors (Lipinski definition) is 4. The van der Waals surface area contributed by atoms with Gasteiger partial charge in [-0.25, -0.2) is 4.79 Å². The van der Waals surface area contributed by atoms with Crippen LogP contribution in [-0.4, -0.2) is 28.5 Å². The summed E-state index contributed by atoms with van der Waals surface area (Å²) in [4.78, 5) is 32.9. The van der Waals surface area contributed by atoms with Gasteiger partial charge >= 0.3 is 5.97 Å². The molecule has 0 radical (unpaired) electrons. The highest BCUT2D eigenvalue weighted by Gasteiger charge is 2.37. The van der Waals surface area contributed by atoms with Crippen molar-refractivity contribution in [2.45, 2.75) is 19.8 Å². The smallest absolute Gasteiger partial charge is 0.335 e. The Hall–Kier alpha value is -2.44. The van der Waals surface area contributed by atoms with Gasteiger partial charge in [-0.2, -0.15) is 0 Å². The average Bonchev–Trinajstić information content (AvgIpc) is 3.13. The second-order valence-electron chi connectivity index (χ2n) is 5.32. The largest absolute Gasteiger partial charge is 0.478 e. The number of benzene rings is 1. The van der Waals surface area contributed by atoms with Crippen molar-refractivity contribution in [3.05, 3.63) is 39.4 Å². The third kappa shape index (κ3) is 3.11. The first-order chi connectivity index (χ1) is 9.31. The molecule has 2 N–H and O–H groups in total. The van der Waals surface area contributed by atoms with Gasteiger partial charge in [0, 0.05) is 24.2 Å². The van der Waals surface area contributed by atoms with Crippen molar-refractivity contribution < 1.29 is 19.6 Å². The number of carbonyl (C=O) groups is 2. The van der Waals surface area contributed by atoms with Crippen LogP contribution in [0.2, 0.25) is 0 Å². The van der Waals surface area contributed by atoms with Gasteiger partial charge in [0.25, 0.3) is 11.6 Å². The minimum absolute atomic E-state index is 0.0131. The van der Waals surface area contributed by atoms with E-state index >= 15 is 0 Å². The molecule has 1 amide bonds. The van der Waals surface area contributed by atoms with Gasteiger partial charge in [-0.1, -0.05) is 6.92 Å². The van der Waals surface area contributed by atoms with Gasteiger partial charge in [0.1, 0.15) is 0 Å². The van der Waals surface area contributed by atoms with E-state index in [1.807, 2.05) is 6.92 Å². The van der Waals surface area contributed by atoms with Crippen LogP contribution in [0.1, 0.15) is 40.5 Å². The van der Waals surface area contributed by atoms with Gasteiger partial charge in [0.15, 0.2) is 0 Å². The molecule has 0 heterocycles. The first-order valence-electron chi connectivity index (χ1n) is 6.12. The first-order valence-corrected chi connectivity index (χ1v) is 6.12. The molecule has 106 valence electrons. The van der Waals surface area contributed by atoms with Gasteiger partial charge < -0.3 is 10.4 Å². The Bertz CT molecular complexity index is 560. The van der Waals surface area contributed by atoms with E-state index in [1.165, 1.54) is 0 Å². The van der Waals surface area contributed by atoms with Crippen molar-refractivity contribution >= 4 is 17.6 Å². The van der Waals surface area contributed by atoms with Crippen LogP contribution >= 0.6 is 0 Å². The van der Waals surface area contributed by atoms with Crippen LogP contribution in [0.15, 0.2) is 18.2 Å². The maximum absolute atomic E-state index is 11.9. The van der Waals surface area contributed by atoms with E-state index in [9.17, 15) is 19.7 Å². The normalized spacial score (nSPS) is 15.4. The Morgan fingerprint density at radius 3 is 2.45 bits per heavy atom. The number of hydrogen-bond donors (Lipinski definition) is 2. The molecule has 1 aliphatic carbocycles. The number of carboxylic acid groups (broad SMARTS) is 1. The van der Waals surface area contributed by atoms with Crippen LogP contribution in [0.3, 0.4) is 0 Å². The summed E-state index contributed by atoms with van der Waals surface area (Å²) in [6.45, 7) is 2.51. The summed E-state index contributed by atoms with van der Waals surface area (Å²) >= 11 is 0. The van der Waals surface area contributed by atoms with E-state index in [-0.39, 0.29) is 16.5 Å². The maximum Gasteiger partial charge on any atom is 0.335 e. The van der Waals surface area contributed by atoms with E-state index in [0.717, 1.165) is 31.0 Å². The van der Waals surface area contributed by atoms with Crippen molar-refractivity contribution in [3.63, 3.8) is 0 Å². The third-order valence-electron chi connectivity index (χ3n) is 3.42. The van der Waals surface area contributed by atoms with Crippen molar-refractivity contribution in [1.29, 1.82) is 0 Å². The molecule has 0 aromatic heterocycles. The summed E-state index contributed by atoms with van der Waals surface area (Å²) < 4.78 is 0. The first kappa shape index (κ1) is 14.0. The van der Waals surface area contributed by atoms with Gasteiger partial charge in [-0.05, 0) is 24.3 Å². The molecule has 0 aliphatic heterocycles. The molecule has 1 aromatic rings. The molecule has 1 saturated carbocycles. The second kappa shape index (κ2) is 4.92. The molecule has 0 saturated heterocycles. The number of non-ortho nitro benzene ring substituents is 1. The Morgan fingerprint density at radius 2 is 1.95 bits per heavy atom.